The maximum Gasteiger partial charge on any atom is 0.255 e. The van der Waals surface area contributed by atoms with Gasteiger partial charge in [-0.25, -0.2) is 0 Å². The number of Topliss-reactive ketones (excluding diaryl/α,β-unsaturated/α-hetero) is 2. The van der Waals surface area contributed by atoms with Gasteiger partial charge in [-0.3, -0.25) is 19.3 Å². The molecule has 0 saturated heterocycles. The van der Waals surface area contributed by atoms with Crippen LogP contribution in [0.4, 0.5) is 0 Å². The third-order valence-electron chi connectivity index (χ3n) is 6.05. The predicted octanol–water partition coefficient (Wildman–Crippen LogP) is 0.147. The van der Waals surface area contributed by atoms with E-state index in [9.17, 15) is 34.8 Å². The van der Waals surface area contributed by atoms with Crippen LogP contribution in [0.25, 0.3) is 10.8 Å². The first-order chi connectivity index (χ1) is 14.0. The van der Waals surface area contributed by atoms with Gasteiger partial charge >= 0.3 is 0 Å². The summed E-state index contributed by atoms with van der Waals surface area (Å²) >= 11 is 0. The molecular weight excluding hydrogens is 392 g/mol. The number of rotatable bonds is 2. The molecule has 1 amide bonds. The second-order valence-corrected chi connectivity index (χ2v) is 7.90. The summed E-state index contributed by atoms with van der Waals surface area (Å²) < 4.78 is 0. The Kier molecular flexibility index (Phi) is 4.16. The average Bonchev–Trinajstić information content (AvgIpc) is 2.64. The van der Waals surface area contributed by atoms with E-state index in [0.717, 1.165) is 0 Å². The van der Waals surface area contributed by atoms with Gasteiger partial charge in [-0.1, -0.05) is 18.2 Å². The molecule has 0 bridgehead atoms. The van der Waals surface area contributed by atoms with E-state index in [1.165, 1.54) is 11.0 Å². The molecular formula is C21H20N2O7. The molecule has 6 N–H and O–H groups in total. The number of carbonyl (C=O) groups excluding carboxylic acids is 3. The van der Waals surface area contributed by atoms with Gasteiger partial charge in [0.25, 0.3) is 5.91 Å². The number of aliphatic hydroxyl groups is 2. The van der Waals surface area contributed by atoms with E-state index in [-0.39, 0.29) is 23.1 Å². The Morgan fingerprint density at radius 3 is 2.47 bits per heavy atom. The van der Waals surface area contributed by atoms with Crippen molar-refractivity contribution < 1.29 is 34.8 Å². The number of hydrogen-bond donors (Lipinski definition) is 5. The average molecular weight is 412 g/mol. The molecule has 0 heterocycles. The maximum atomic E-state index is 13.4. The molecule has 2 aliphatic rings. The fourth-order valence-electron chi connectivity index (χ4n) is 4.72. The van der Waals surface area contributed by atoms with Crippen LogP contribution in [0.5, 0.6) is 11.5 Å². The van der Waals surface area contributed by atoms with Crippen LogP contribution < -0.4 is 5.73 Å². The molecule has 0 aromatic heterocycles. The first-order valence-electron chi connectivity index (χ1n) is 9.19. The van der Waals surface area contributed by atoms with Gasteiger partial charge in [0.05, 0.1) is 17.0 Å². The normalized spacial score (nSPS) is 26.1. The van der Waals surface area contributed by atoms with E-state index in [2.05, 4.69) is 0 Å². The molecule has 0 fully saturated rings. The van der Waals surface area contributed by atoms with E-state index in [1.54, 1.807) is 32.3 Å². The molecule has 0 aliphatic heterocycles. The zero-order valence-electron chi connectivity index (χ0n) is 16.2. The molecule has 0 radical (unpaired) electrons. The van der Waals surface area contributed by atoms with E-state index in [0.29, 0.717) is 10.9 Å². The highest BCUT2D eigenvalue weighted by molar-refractivity contribution is 6.24. The summed E-state index contributed by atoms with van der Waals surface area (Å²) in [6.07, 6.45) is -0.0541. The zero-order valence-corrected chi connectivity index (χ0v) is 16.2. The van der Waals surface area contributed by atoms with Crippen LogP contribution in [0.1, 0.15) is 15.9 Å². The van der Waals surface area contributed by atoms with Crippen molar-refractivity contribution in [3.63, 3.8) is 0 Å². The number of phenolic OH excluding ortho intramolecular Hbond substituents is 2. The van der Waals surface area contributed by atoms with Gasteiger partial charge in [0.1, 0.15) is 22.8 Å². The van der Waals surface area contributed by atoms with Gasteiger partial charge in [0.15, 0.2) is 11.4 Å². The third-order valence-corrected chi connectivity index (χ3v) is 6.05. The molecule has 0 unspecified atom stereocenters. The molecule has 156 valence electrons. The number of ketones is 2. The molecule has 0 saturated carbocycles. The van der Waals surface area contributed by atoms with Crippen LogP contribution in [0.2, 0.25) is 0 Å². The minimum Gasteiger partial charge on any atom is -0.508 e. The number of amides is 1. The first-order valence-corrected chi connectivity index (χ1v) is 9.19. The Bertz CT molecular complexity index is 1180. The monoisotopic (exact) mass is 412 g/mol. The summed E-state index contributed by atoms with van der Waals surface area (Å²) in [5.41, 5.74) is 1.83. The molecule has 3 atom stereocenters. The molecule has 2 aliphatic carbocycles. The Morgan fingerprint density at radius 1 is 1.20 bits per heavy atom. The van der Waals surface area contributed by atoms with Crippen molar-refractivity contribution in [3.8, 4) is 11.5 Å². The minimum absolute atomic E-state index is 0.0151. The standard InChI is InChI=1S/C21H20N2O7/c1-23(2)15-10-7-9-6-8-4-3-5-11(24)12(8)16(25)13(9)18(27)21(10,30)19(28)14(17(15)26)20(22)29/h3-6,10,15,24-25,28,30H,7H2,1-2H3,(H2,22,29)/t10-,15-,21-/m0/s1. The van der Waals surface area contributed by atoms with Crippen LogP contribution in [0.3, 0.4) is 0 Å². The third kappa shape index (κ3) is 2.33. The lowest BCUT2D eigenvalue weighted by atomic mass is 9.62. The van der Waals surface area contributed by atoms with Crippen LogP contribution in [0.15, 0.2) is 35.6 Å². The topological polar surface area (TPSA) is 161 Å². The van der Waals surface area contributed by atoms with Gasteiger partial charge in [-0.05, 0) is 37.5 Å². The van der Waals surface area contributed by atoms with E-state index < -0.39 is 52.1 Å². The van der Waals surface area contributed by atoms with Gasteiger partial charge in [-0.15, -0.1) is 0 Å². The molecule has 2 aromatic rings. The number of benzene rings is 2. The number of nitrogens with zero attached hydrogens (tertiary/aromatic N) is 1. The molecule has 0 spiro atoms. The van der Waals surface area contributed by atoms with Crippen LogP contribution in [-0.2, 0) is 16.0 Å². The van der Waals surface area contributed by atoms with Crippen LogP contribution in [-0.4, -0.2) is 68.5 Å². The highest BCUT2D eigenvalue weighted by Gasteiger charge is 2.62. The van der Waals surface area contributed by atoms with Crippen molar-refractivity contribution in [2.24, 2.45) is 11.7 Å². The fourth-order valence-corrected chi connectivity index (χ4v) is 4.72. The lowest BCUT2D eigenvalue weighted by Crippen LogP contribution is -2.64. The molecule has 30 heavy (non-hydrogen) atoms. The Balaban J connectivity index is 2.07. The largest absolute Gasteiger partial charge is 0.508 e. The highest BCUT2D eigenvalue weighted by atomic mass is 16.3. The maximum absolute atomic E-state index is 13.4. The zero-order chi connectivity index (χ0) is 22.1. The van der Waals surface area contributed by atoms with Crippen molar-refractivity contribution in [2.75, 3.05) is 14.1 Å². The second-order valence-electron chi connectivity index (χ2n) is 7.90. The van der Waals surface area contributed by atoms with Crippen LogP contribution >= 0.6 is 0 Å². The second kappa shape index (κ2) is 6.28. The van der Waals surface area contributed by atoms with Crippen molar-refractivity contribution in [1.29, 1.82) is 0 Å². The highest BCUT2D eigenvalue weighted by Crippen LogP contribution is 2.49. The van der Waals surface area contributed by atoms with Crippen molar-refractivity contribution in [3.05, 3.63) is 46.7 Å². The number of fused-ring (bicyclic) bond motifs is 3. The lowest BCUT2D eigenvalue weighted by molar-refractivity contribution is -0.132. The van der Waals surface area contributed by atoms with Gasteiger partial charge in [0.2, 0.25) is 5.78 Å². The van der Waals surface area contributed by atoms with E-state index in [1.807, 2.05) is 0 Å². The number of aliphatic hydroxyl groups excluding tert-OH is 1. The van der Waals surface area contributed by atoms with Crippen molar-refractivity contribution in [2.45, 2.75) is 18.1 Å². The van der Waals surface area contributed by atoms with Gasteiger partial charge in [-0.2, -0.15) is 0 Å². The van der Waals surface area contributed by atoms with E-state index >= 15 is 0 Å². The summed E-state index contributed by atoms with van der Waals surface area (Å²) in [5.74, 6) is -6.20. The summed E-state index contributed by atoms with van der Waals surface area (Å²) in [4.78, 5) is 39.6. The number of likely N-dealkylation sites (N-methyl/N-ethyl adjacent to an activating group) is 1. The molecule has 4 rings (SSSR count). The SMILES string of the molecule is CN(C)[C@@H]1C(=O)C(C(N)=O)=C(O)[C@@]2(O)C(=O)c3c(cc4cccc(O)c4c3O)C[C@@H]12. The summed E-state index contributed by atoms with van der Waals surface area (Å²) in [7, 11) is 3.08. The quantitative estimate of drug-likeness (QED) is 0.435. The Morgan fingerprint density at radius 2 is 1.87 bits per heavy atom. The molecule has 2 aromatic carbocycles. The Labute approximate surface area is 170 Å². The predicted molar refractivity (Wildman–Crippen MR) is 105 cm³/mol. The summed E-state index contributed by atoms with van der Waals surface area (Å²) in [5, 5.41) is 43.4. The van der Waals surface area contributed by atoms with Crippen molar-refractivity contribution >= 4 is 28.2 Å². The smallest absolute Gasteiger partial charge is 0.255 e. The number of primary amides is 1. The minimum atomic E-state index is -2.64. The number of aromatic hydroxyl groups is 2. The summed E-state index contributed by atoms with van der Waals surface area (Å²) in [6, 6.07) is 5.02. The number of carbonyl (C=O) groups is 3. The number of hydrogen-bond acceptors (Lipinski definition) is 8. The van der Waals surface area contributed by atoms with Gasteiger partial charge < -0.3 is 26.2 Å². The lowest BCUT2D eigenvalue weighted by Gasteiger charge is -2.47. The molecule has 9 nitrogen and oxygen atoms in total. The number of phenols is 2. The van der Waals surface area contributed by atoms with Crippen LogP contribution in [0, 0.1) is 5.92 Å². The van der Waals surface area contributed by atoms with Crippen molar-refractivity contribution in [1.82, 2.24) is 4.90 Å². The fraction of sp³-hybridized carbons (Fsp3) is 0.286. The van der Waals surface area contributed by atoms with E-state index in [4.69, 9.17) is 5.73 Å². The summed E-state index contributed by atoms with van der Waals surface area (Å²) in [6.45, 7) is 0. The Hall–Kier alpha value is -3.43. The number of nitrogens with two attached hydrogens (primary N) is 1. The molecule has 9 heteroatoms. The van der Waals surface area contributed by atoms with Gasteiger partial charge in [0, 0.05) is 5.92 Å². The first kappa shape index (κ1) is 19.9.